The molecule has 0 fully saturated rings. The monoisotopic (exact) mass is 253 g/mol. The van der Waals surface area contributed by atoms with Gasteiger partial charge >= 0.3 is 0 Å². The van der Waals surface area contributed by atoms with Crippen molar-refractivity contribution >= 4 is 0 Å². The van der Waals surface area contributed by atoms with Crippen LogP contribution >= 0.6 is 0 Å². The topological polar surface area (TPSA) is 21.3 Å². The van der Waals surface area contributed by atoms with Gasteiger partial charge in [0.05, 0.1) is 12.6 Å². The lowest BCUT2D eigenvalue weighted by molar-refractivity contribution is 0.167. The SMILES string of the molecule is CCNC(C1=CCCCO1)c1ccc(F)cc1F. The number of hydrogen-bond donors (Lipinski definition) is 1. The van der Waals surface area contributed by atoms with Crippen molar-refractivity contribution in [2.24, 2.45) is 0 Å². The molecule has 0 aromatic heterocycles. The van der Waals surface area contributed by atoms with Gasteiger partial charge in [0, 0.05) is 11.6 Å². The van der Waals surface area contributed by atoms with E-state index in [1.807, 2.05) is 13.0 Å². The number of rotatable bonds is 4. The molecule has 1 atom stereocenters. The summed E-state index contributed by atoms with van der Waals surface area (Å²) in [6, 6.07) is 3.31. The van der Waals surface area contributed by atoms with E-state index in [1.165, 1.54) is 12.1 Å². The van der Waals surface area contributed by atoms with Gasteiger partial charge in [-0.05, 0) is 31.5 Å². The van der Waals surface area contributed by atoms with Crippen LogP contribution in [-0.4, -0.2) is 13.2 Å². The molecule has 0 amide bonds. The highest BCUT2D eigenvalue weighted by Gasteiger charge is 2.22. The van der Waals surface area contributed by atoms with Crippen molar-refractivity contribution in [2.75, 3.05) is 13.2 Å². The predicted octanol–water partition coefficient (Wildman–Crippen LogP) is 3.31. The Bertz CT molecular complexity index is 445. The molecule has 0 bridgehead atoms. The third kappa shape index (κ3) is 2.88. The van der Waals surface area contributed by atoms with E-state index in [0.29, 0.717) is 18.7 Å². The number of hydrogen-bond acceptors (Lipinski definition) is 2. The molecule has 0 radical (unpaired) electrons. The molecule has 1 aromatic rings. The summed E-state index contributed by atoms with van der Waals surface area (Å²) >= 11 is 0. The summed E-state index contributed by atoms with van der Waals surface area (Å²) in [6.07, 6.45) is 3.88. The fraction of sp³-hybridized carbons (Fsp3) is 0.429. The second-order valence-corrected chi connectivity index (χ2v) is 4.25. The van der Waals surface area contributed by atoms with Crippen molar-refractivity contribution in [1.82, 2.24) is 5.32 Å². The zero-order valence-corrected chi connectivity index (χ0v) is 10.4. The molecule has 4 heteroatoms. The first-order valence-electron chi connectivity index (χ1n) is 6.23. The van der Waals surface area contributed by atoms with Crippen molar-refractivity contribution < 1.29 is 13.5 Å². The van der Waals surface area contributed by atoms with E-state index in [2.05, 4.69) is 5.32 Å². The lowest BCUT2D eigenvalue weighted by Crippen LogP contribution is -2.26. The number of halogens is 2. The highest BCUT2D eigenvalue weighted by atomic mass is 19.1. The van der Waals surface area contributed by atoms with Crippen molar-refractivity contribution in [3.8, 4) is 0 Å². The van der Waals surface area contributed by atoms with Gasteiger partial charge in [-0.3, -0.25) is 0 Å². The van der Waals surface area contributed by atoms with Gasteiger partial charge in [0.2, 0.25) is 0 Å². The number of allylic oxidation sites excluding steroid dienone is 1. The van der Waals surface area contributed by atoms with Gasteiger partial charge in [-0.25, -0.2) is 8.78 Å². The van der Waals surface area contributed by atoms with Crippen molar-refractivity contribution in [1.29, 1.82) is 0 Å². The van der Waals surface area contributed by atoms with Crippen LogP contribution in [0, 0.1) is 11.6 Å². The average Bonchev–Trinajstić information content (AvgIpc) is 2.38. The van der Waals surface area contributed by atoms with Gasteiger partial charge in [0.15, 0.2) is 0 Å². The van der Waals surface area contributed by atoms with Crippen LogP contribution in [-0.2, 0) is 4.74 Å². The minimum absolute atomic E-state index is 0.337. The van der Waals surface area contributed by atoms with E-state index in [9.17, 15) is 8.78 Å². The van der Waals surface area contributed by atoms with Crippen molar-refractivity contribution in [2.45, 2.75) is 25.8 Å². The molecule has 1 aliphatic rings. The number of ether oxygens (including phenoxy) is 1. The molecule has 18 heavy (non-hydrogen) atoms. The molecule has 2 rings (SSSR count). The highest BCUT2D eigenvalue weighted by Crippen LogP contribution is 2.28. The summed E-state index contributed by atoms with van der Waals surface area (Å²) in [7, 11) is 0. The maximum atomic E-state index is 13.8. The lowest BCUT2D eigenvalue weighted by atomic mass is 10.0. The molecule has 0 aliphatic carbocycles. The van der Waals surface area contributed by atoms with E-state index in [0.717, 1.165) is 24.7 Å². The van der Waals surface area contributed by atoms with Gasteiger partial charge in [0.1, 0.15) is 17.4 Å². The summed E-state index contributed by atoms with van der Waals surface area (Å²) in [5.41, 5.74) is 0.423. The van der Waals surface area contributed by atoms with Crippen LogP contribution in [0.4, 0.5) is 8.78 Å². The van der Waals surface area contributed by atoms with Crippen LogP contribution < -0.4 is 5.32 Å². The lowest BCUT2D eigenvalue weighted by Gasteiger charge is -2.25. The smallest absolute Gasteiger partial charge is 0.131 e. The number of benzene rings is 1. The van der Waals surface area contributed by atoms with Gasteiger partial charge in [-0.1, -0.05) is 13.0 Å². The highest BCUT2D eigenvalue weighted by molar-refractivity contribution is 5.28. The summed E-state index contributed by atoms with van der Waals surface area (Å²) < 4.78 is 32.3. The molecule has 0 saturated carbocycles. The fourth-order valence-corrected chi connectivity index (χ4v) is 2.08. The molecule has 0 saturated heterocycles. The minimum Gasteiger partial charge on any atom is -0.496 e. The predicted molar refractivity (Wildman–Crippen MR) is 66.0 cm³/mol. The third-order valence-electron chi connectivity index (χ3n) is 2.93. The Kier molecular flexibility index (Phi) is 4.31. The Hall–Kier alpha value is -1.42. The van der Waals surface area contributed by atoms with Gasteiger partial charge in [-0.15, -0.1) is 0 Å². The number of nitrogens with one attached hydrogen (secondary N) is 1. The van der Waals surface area contributed by atoms with Crippen LogP contribution in [0.15, 0.2) is 30.0 Å². The molecule has 98 valence electrons. The molecule has 1 heterocycles. The summed E-state index contributed by atoms with van der Waals surface area (Å²) in [5.74, 6) is -0.380. The van der Waals surface area contributed by atoms with Gasteiger partial charge in [0.25, 0.3) is 0 Å². The van der Waals surface area contributed by atoms with E-state index in [-0.39, 0.29) is 6.04 Å². The largest absolute Gasteiger partial charge is 0.496 e. The Morgan fingerprint density at radius 2 is 2.22 bits per heavy atom. The Balaban J connectivity index is 2.31. The second-order valence-electron chi connectivity index (χ2n) is 4.25. The molecule has 1 N–H and O–H groups in total. The van der Waals surface area contributed by atoms with Crippen LogP contribution in [0.25, 0.3) is 0 Å². The van der Waals surface area contributed by atoms with Crippen molar-refractivity contribution in [3.05, 3.63) is 47.2 Å². The molecular weight excluding hydrogens is 236 g/mol. The molecule has 1 unspecified atom stereocenters. The van der Waals surface area contributed by atoms with E-state index in [1.54, 1.807) is 0 Å². The zero-order chi connectivity index (χ0) is 13.0. The zero-order valence-electron chi connectivity index (χ0n) is 10.4. The summed E-state index contributed by atoms with van der Waals surface area (Å²) in [5, 5.41) is 3.17. The quantitative estimate of drug-likeness (QED) is 0.888. The Morgan fingerprint density at radius 3 is 2.83 bits per heavy atom. The molecular formula is C14H17F2NO. The van der Waals surface area contributed by atoms with Crippen molar-refractivity contribution in [3.63, 3.8) is 0 Å². The first-order valence-corrected chi connectivity index (χ1v) is 6.23. The van der Waals surface area contributed by atoms with Crippen LogP contribution in [0.3, 0.4) is 0 Å². The molecule has 1 aromatic carbocycles. The van der Waals surface area contributed by atoms with E-state index < -0.39 is 11.6 Å². The van der Waals surface area contributed by atoms with Gasteiger partial charge < -0.3 is 10.1 Å². The first kappa shape index (κ1) is 13.0. The average molecular weight is 253 g/mol. The first-order chi connectivity index (χ1) is 8.72. The Morgan fingerprint density at radius 1 is 1.39 bits per heavy atom. The minimum atomic E-state index is -0.565. The maximum absolute atomic E-state index is 13.8. The van der Waals surface area contributed by atoms with Crippen LogP contribution in [0.1, 0.15) is 31.4 Å². The van der Waals surface area contributed by atoms with E-state index >= 15 is 0 Å². The summed E-state index contributed by atoms with van der Waals surface area (Å²) in [6.45, 7) is 3.27. The van der Waals surface area contributed by atoms with Crippen LogP contribution in [0.5, 0.6) is 0 Å². The molecule has 1 aliphatic heterocycles. The fourth-order valence-electron chi connectivity index (χ4n) is 2.08. The molecule has 2 nitrogen and oxygen atoms in total. The van der Waals surface area contributed by atoms with E-state index in [4.69, 9.17) is 4.74 Å². The third-order valence-corrected chi connectivity index (χ3v) is 2.93. The summed E-state index contributed by atoms with van der Waals surface area (Å²) in [4.78, 5) is 0. The standard InChI is InChI=1S/C14H17F2NO/c1-2-17-14(13-5-3-4-8-18-13)11-7-6-10(15)9-12(11)16/h5-7,9,14,17H,2-4,8H2,1H3. The Labute approximate surface area is 106 Å². The second kappa shape index (κ2) is 5.96. The van der Waals surface area contributed by atoms with Crippen LogP contribution in [0.2, 0.25) is 0 Å². The number of likely N-dealkylation sites (N-methyl/N-ethyl adjacent to an activating group) is 1. The normalized spacial score (nSPS) is 16.9. The van der Waals surface area contributed by atoms with Gasteiger partial charge in [-0.2, -0.15) is 0 Å². The maximum Gasteiger partial charge on any atom is 0.131 e. The molecule has 0 spiro atoms.